The molecule has 3 nitrogen and oxygen atoms in total. The van der Waals surface area contributed by atoms with Crippen LogP contribution in [-0.2, 0) is 0 Å². The Bertz CT molecular complexity index is 580. The molecule has 1 aliphatic heterocycles. The number of halogens is 1. The van der Waals surface area contributed by atoms with Crippen LogP contribution in [0.5, 0.6) is 0 Å². The van der Waals surface area contributed by atoms with Crippen LogP contribution in [0.25, 0.3) is 10.9 Å². The highest BCUT2D eigenvalue weighted by molar-refractivity contribution is 9.10. The second-order valence-electron chi connectivity index (χ2n) is 5.05. The molecule has 2 heterocycles. The topological polar surface area (TPSA) is 31.4 Å². The molecule has 2 aromatic rings. The summed E-state index contributed by atoms with van der Waals surface area (Å²) < 4.78 is 1.10. The summed E-state index contributed by atoms with van der Waals surface area (Å²) in [6.07, 6.45) is 9.21. The minimum Gasteiger partial charge on any atom is -0.361 e. The zero-order valence-corrected chi connectivity index (χ0v) is 12.5. The van der Waals surface area contributed by atoms with Gasteiger partial charge in [-0.1, -0.05) is 28.8 Å². The number of aromatic amines is 1. The second kappa shape index (κ2) is 5.78. The Labute approximate surface area is 121 Å². The monoisotopic (exact) mass is 319 g/mol. The largest absolute Gasteiger partial charge is 0.361 e. The fourth-order valence-electron chi connectivity index (χ4n) is 2.53. The van der Waals surface area contributed by atoms with Gasteiger partial charge in [0, 0.05) is 40.2 Å². The van der Waals surface area contributed by atoms with Gasteiger partial charge in [0.15, 0.2) is 0 Å². The molecule has 1 aromatic carbocycles. The van der Waals surface area contributed by atoms with Crippen LogP contribution in [0, 0.1) is 0 Å². The Hall–Kier alpha value is -1.29. The van der Waals surface area contributed by atoms with Crippen LogP contribution in [0.2, 0.25) is 0 Å². The molecule has 0 unspecified atom stereocenters. The average Bonchev–Trinajstić information content (AvgIpc) is 2.63. The third kappa shape index (κ3) is 3.00. The lowest BCUT2D eigenvalue weighted by atomic mass is 10.2. The molecule has 0 amide bonds. The molecule has 0 radical (unpaired) electrons. The van der Waals surface area contributed by atoms with Crippen molar-refractivity contribution in [3.8, 4) is 0 Å². The van der Waals surface area contributed by atoms with Crippen molar-refractivity contribution in [2.24, 2.45) is 5.10 Å². The summed E-state index contributed by atoms with van der Waals surface area (Å²) in [7, 11) is 0. The van der Waals surface area contributed by atoms with E-state index >= 15 is 0 Å². The standard InChI is InChI=1S/C15H18BrN3/c16-13-5-6-15-14(9-13)12(10-17-15)11-18-19-7-3-1-2-4-8-19/h5-6,9-11,17H,1-4,7-8H2/b18-11-. The van der Waals surface area contributed by atoms with E-state index in [1.54, 1.807) is 0 Å². The van der Waals surface area contributed by atoms with E-state index in [4.69, 9.17) is 0 Å². The van der Waals surface area contributed by atoms with E-state index in [0.29, 0.717) is 0 Å². The smallest absolute Gasteiger partial charge is 0.0564 e. The Balaban J connectivity index is 1.82. The van der Waals surface area contributed by atoms with Gasteiger partial charge < -0.3 is 4.98 Å². The number of benzene rings is 1. The summed E-state index contributed by atoms with van der Waals surface area (Å²) >= 11 is 3.52. The molecule has 1 N–H and O–H groups in total. The van der Waals surface area contributed by atoms with Crippen LogP contribution in [0.3, 0.4) is 0 Å². The Morgan fingerprint density at radius 2 is 1.95 bits per heavy atom. The molecule has 1 saturated heterocycles. The molecule has 0 spiro atoms. The second-order valence-corrected chi connectivity index (χ2v) is 5.96. The van der Waals surface area contributed by atoms with Crippen molar-refractivity contribution >= 4 is 33.0 Å². The highest BCUT2D eigenvalue weighted by Gasteiger charge is 2.06. The van der Waals surface area contributed by atoms with Crippen molar-refractivity contribution in [3.05, 3.63) is 34.4 Å². The third-order valence-corrected chi connectivity index (χ3v) is 4.11. The van der Waals surface area contributed by atoms with Crippen molar-refractivity contribution in [2.45, 2.75) is 25.7 Å². The fourth-order valence-corrected chi connectivity index (χ4v) is 2.90. The van der Waals surface area contributed by atoms with Crippen LogP contribution in [-0.4, -0.2) is 29.3 Å². The first-order valence-electron chi connectivity index (χ1n) is 6.88. The van der Waals surface area contributed by atoms with Crippen molar-refractivity contribution in [1.82, 2.24) is 9.99 Å². The molecular formula is C15H18BrN3. The zero-order valence-electron chi connectivity index (χ0n) is 10.9. The van der Waals surface area contributed by atoms with Crippen LogP contribution < -0.4 is 0 Å². The SMILES string of the molecule is Brc1ccc2[nH]cc(/C=N\N3CCCCCC3)c2c1. The fraction of sp³-hybridized carbons (Fsp3) is 0.400. The number of nitrogens with one attached hydrogen (secondary N) is 1. The summed E-state index contributed by atoms with van der Waals surface area (Å²) in [4.78, 5) is 3.28. The average molecular weight is 320 g/mol. The van der Waals surface area contributed by atoms with Gasteiger partial charge in [-0.25, -0.2) is 0 Å². The van der Waals surface area contributed by atoms with Gasteiger partial charge in [0.05, 0.1) is 6.21 Å². The Kier molecular flexibility index (Phi) is 3.87. The molecule has 1 fully saturated rings. The molecule has 0 saturated carbocycles. The quantitative estimate of drug-likeness (QED) is 0.829. The van der Waals surface area contributed by atoms with Crippen LogP contribution in [0.15, 0.2) is 34.0 Å². The van der Waals surface area contributed by atoms with Gasteiger partial charge in [-0.05, 0) is 31.0 Å². The highest BCUT2D eigenvalue weighted by atomic mass is 79.9. The first-order valence-corrected chi connectivity index (χ1v) is 7.68. The number of hydrogen-bond acceptors (Lipinski definition) is 2. The van der Waals surface area contributed by atoms with Crippen LogP contribution in [0.1, 0.15) is 31.2 Å². The molecule has 19 heavy (non-hydrogen) atoms. The van der Waals surface area contributed by atoms with E-state index < -0.39 is 0 Å². The van der Waals surface area contributed by atoms with Gasteiger partial charge in [-0.2, -0.15) is 5.10 Å². The van der Waals surface area contributed by atoms with E-state index in [-0.39, 0.29) is 0 Å². The van der Waals surface area contributed by atoms with E-state index in [1.807, 2.05) is 12.4 Å². The van der Waals surface area contributed by atoms with Gasteiger partial charge in [-0.15, -0.1) is 0 Å². The van der Waals surface area contributed by atoms with Gasteiger partial charge in [-0.3, -0.25) is 5.01 Å². The van der Waals surface area contributed by atoms with Crippen molar-refractivity contribution in [1.29, 1.82) is 0 Å². The number of H-pyrrole nitrogens is 1. The highest BCUT2D eigenvalue weighted by Crippen LogP contribution is 2.21. The molecule has 0 atom stereocenters. The Morgan fingerprint density at radius 3 is 2.74 bits per heavy atom. The molecule has 100 valence electrons. The van der Waals surface area contributed by atoms with E-state index in [0.717, 1.165) is 28.6 Å². The summed E-state index contributed by atoms with van der Waals surface area (Å²) in [6, 6.07) is 6.27. The molecule has 0 bridgehead atoms. The summed E-state index contributed by atoms with van der Waals surface area (Å²) in [6.45, 7) is 2.17. The molecule has 0 aliphatic carbocycles. The molecule has 1 aromatic heterocycles. The van der Waals surface area contributed by atoms with Gasteiger partial charge >= 0.3 is 0 Å². The predicted octanol–water partition coefficient (Wildman–Crippen LogP) is 4.14. The number of hydrogen-bond donors (Lipinski definition) is 1. The first-order chi connectivity index (χ1) is 9.33. The van der Waals surface area contributed by atoms with Gasteiger partial charge in [0.2, 0.25) is 0 Å². The summed E-state index contributed by atoms with van der Waals surface area (Å²) in [5.41, 5.74) is 2.31. The first kappa shape index (κ1) is 12.7. The van der Waals surface area contributed by atoms with Crippen LogP contribution in [0.4, 0.5) is 0 Å². The van der Waals surface area contributed by atoms with Crippen molar-refractivity contribution < 1.29 is 0 Å². The summed E-state index contributed by atoms with van der Waals surface area (Å²) in [5, 5.41) is 8.05. The maximum atomic E-state index is 4.64. The number of rotatable bonds is 2. The van der Waals surface area contributed by atoms with Crippen molar-refractivity contribution in [3.63, 3.8) is 0 Å². The number of fused-ring (bicyclic) bond motifs is 1. The zero-order chi connectivity index (χ0) is 13.1. The number of aromatic nitrogens is 1. The lowest BCUT2D eigenvalue weighted by Crippen LogP contribution is -2.18. The van der Waals surface area contributed by atoms with Gasteiger partial charge in [0.1, 0.15) is 0 Å². The number of nitrogens with zero attached hydrogens (tertiary/aromatic N) is 2. The molecular weight excluding hydrogens is 302 g/mol. The number of hydrazone groups is 1. The normalized spacial score (nSPS) is 17.2. The Morgan fingerprint density at radius 1 is 1.16 bits per heavy atom. The van der Waals surface area contributed by atoms with E-state index in [1.165, 1.54) is 31.1 Å². The van der Waals surface area contributed by atoms with E-state index in [2.05, 4.69) is 49.2 Å². The lowest BCUT2D eigenvalue weighted by Gasteiger charge is -2.15. The minimum atomic E-state index is 1.09. The van der Waals surface area contributed by atoms with E-state index in [9.17, 15) is 0 Å². The van der Waals surface area contributed by atoms with Crippen LogP contribution >= 0.6 is 15.9 Å². The third-order valence-electron chi connectivity index (χ3n) is 3.62. The summed E-state index contributed by atoms with van der Waals surface area (Å²) in [5.74, 6) is 0. The maximum Gasteiger partial charge on any atom is 0.0564 e. The molecule has 1 aliphatic rings. The minimum absolute atomic E-state index is 1.09. The molecule has 3 rings (SSSR count). The van der Waals surface area contributed by atoms with Crippen molar-refractivity contribution in [2.75, 3.05) is 13.1 Å². The predicted molar refractivity (Wildman–Crippen MR) is 83.6 cm³/mol. The lowest BCUT2D eigenvalue weighted by molar-refractivity contribution is 0.302. The van der Waals surface area contributed by atoms with Gasteiger partial charge in [0.25, 0.3) is 0 Å². The molecule has 4 heteroatoms. The maximum absolute atomic E-state index is 4.64.